The fraction of sp³-hybridized carbons (Fsp3) is 0.312. The lowest BCUT2D eigenvalue weighted by molar-refractivity contribution is -0.137. The fourth-order valence-electron chi connectivity index (χ4n) is 6.84. The quantitative estimate of drug-likeness (QED) is 0.0863. The van der Waals surface area contributed by atoms with E-state index >= 15 is 0 Å². The van der Waals surface area contributed by atoms with E-state index in [4.69, 9.17) is 84.9 Å². The summed E-state index contributed by atoms with van der Waals surface area (Å²) in [4.78, 5) is 69.1. The van der Waals surface area contributed by atoms with Crippen LogP contribution in [0.5, 0.6) is 0 Å². The normalized spacial score (nSPS) is 11.8. The molecule has 75 heavy (non-hydrogen) atoms. The Bertz CT molecular complexity index is 3480. The Morgan fingerprint density at radius 3 is 1.29 bits per heavy atom. The van der Waals surface area contributed by atoms with Gasteiger partial charge in [0, 0.05) is 37.8 Å². The third kappa shape index (κ3) is 16.0. The van der Waals surface area contributed by atoms with Crippen LogP contribution in [-0.2, 0) is 75.4 Å². The number of aryl methyl sites for hydroxylation is 3. The first kappa shape index (κ1) is 62.4. The van der Waals surface area contributed by atoms with Gasteiger partial charge in [-0.25, -0.2) is 26.7 Å². The Balaban J connectivity index is 0.000000244. The second kappa shape index (κ2) is 26.3. The van der Waals surface area contributed by atoms with Crippen molar-refractivity contribution in [3.8, 4) is 0 Å². The maximum atomic E-state index is 13.0. The van der Waals surface area contributed by atoms with Crippen molar-refractivity contribution in [3.05, 3.63) is 149 Å². The molecule has 1 atom stereocenters. The Kier molecular flexibility index (Phi) is 21.9. The predicted octanol–water partition coefficient (Wildman–Crippen LogP) is 9.66. The van der Waals surface area contributed by atoms with Crippen LogP contribution < -0.4 is 16.7 Å². The van der Waals surface area contributed by atoms with Crippen LogP contribution in [-0.4, -0.2) is 75.2 Å². The van der Waals surface area contributed by atoms with Crippen LogP contribution in [0.25, 0.3) is 0 Å². The van der Waals surface area contributed by atoms with E-state index in [-0.39, 0.29) is 99.2 Å². The summed E-state index contributed by atoms with van der Waals surface area (Å²) < 4.78 is 42.2. The summed E-state index contributed by atoms with van der Waals surface area (Å²) in [5.41, 5.74) is 1.83. The lowest BCUT2D eigenvalue weighted by Crippen LogP contribution is -2.26. The van der Waals surface area contributed by atoms with Crippen molar-refractivity contribution in [1.82, 2.24) is 29.3 Å². The topological polar surface area (TPSA) is 268 Å². The molecular formula is C48H48Cl6N6O12S3. The van der Waals surface area contributed by atoms with E-state index in [1.54, 1.807) is 39.1 Å². The van der Waals surface area contributed by atoms with Crippen LogP contribution in [0.4, 0.5) is 0 Å². The summed E-state index contributed by atoms with van der Waals surface area (Å²) in [6.45, 7) is 11.1. The summed E-state index contributed by atoms with van der Waals surface area (Å²) in [5, 5.41) is 39.5. The molecule has 6 rings (SSSR count). The molecule has 0 radical (unpaired) electrons. The maximum absolute atomic E-state index is 13.0. The number of carboxylic acids is 3. The first-order valence-corrected chi connectivity index (χ1v) is 27.7. The minimum Gasteiger partial charge on any atom is -0.481 e. The third-order valence-electron chi connectivity index (χ3n) is 10.4. The van der Waals surface area contributed by atoms with Crippen LogP contribution in [0.15, 0.2) is 98.7 Å². The molecule has 0 aliphatic rings. The van der Waals surface area contributed by atoms with Crippen molar-refractivity contribution >= 4 is 120 Å². The Morgan fingerprint density at radius 2 is 0.893 bits per heavy atom. The number of sulfone groups is 1. The van der Waals surface area contributed by atoms with E-state index < -0.39 is 44.1 Å². The average Bonchev–Trinajstić information content (AvgIpc) is 3.26. The molecule has 1 unspecified atom stereocenters. The van der Waals surface area contributed by atoms with Gasteiger partial charge in [0.25, 0.3) is 16.7 Å². The van der Waals surface area contributed by atoms with Crippen LogP contribution in [0, 0.1) is 0 Å². The molecule has 0 saturated heterocycles. The number of nitrogens with zero attached hydrogens (tertiary/aromatic N) is 6. The highest BCUT2D eigenvalue weighted by Gasteiger charge is 2.29. The molecule has 3 N–H and O–H groups in total. The fourth-order valence-corrected chi connectivity index (χ4v) is 13.0. The van der Waals surface area contributed by atoms with Gasteiger partial charge in [0.1, 0.15) is 20.7 Å². The van der Waals surface area contributed by atoms with E-state index in [2.05, 4.69) is 15.3 Å². The van der Waals surface area contributed by atoms with Crippen molar-refractivity contribution in [1.29, 1.82) is 0 Å². The number of hydrogen-bond acceptors (Lipinski definition) is 13. The first-order valence-electron chi connectivity index (χ1n) is 21.9. The third-order valence-corrected chi connectivity index (χ3v) is 17.1. The van der Waals surface area contributed by atoms with Crippen LogP contribution in [0.2, 0.25) is 30.1 Å². The van der Waals surface area contributed by atoms with Crippen LogP contribution in [0.1, 0.15) is 92.7 Å². The van der Waals surface area contributed by atoms with Crippen LogP contribution in [0.3, 0.4) is 0 Å². The first-order chi connectivity index (χ1) is 34.7. The second-order valence-electron chi connectivity index (χ2n) is 17.3. The molecule has 0 saturated carbocycles. The van der Waals surface area contributed by atoms with Gasteiger partial charge in [-0.15, -0.1) is 0 Å². The Morgan fingerprint density at radius 1 is 0.547 bits per heavy atom. The molecule has 18 nitrogen and oxygen atoms in total. The number of carbonyl (C=O) groups is 3. The highest BCUT2D eigenvalue weighted by Crippen LogP contribution is 2.40. The summed E-state index contributed by atoms with van der Waals surface area (Å²) in [7, 11) is -1.61. The van der Waals surface area contributed by atoms with E-state index in [1.807, 2.05) is 27.7 Å². The summed E-state index contributed by atoms with van der Waals surface area (Å²) >= 11 is 38.2. The molecule has 3 heterocycles. The smallest absolute Gasteiger partial charge is 0.307 e. The standard InChI is InChI=1S/C16H16Cl2N2O5S.C16H16Cl2N2O4S.C16H16Cl2N2O3S/c1-8(2)10-7-13(19-20(3)16(10)23)26(24,25)15-11(17)4-9(5-12(15)18)6-14(21)22;1-8(2)10-7-13(19-20(3)16(10)23)25(24)15-11(17)4-9(5-12(15)18)6-14(21)22;1-8(2)10-7-13(19-20(3)16(10)23)24-15-11(17)4-9(5-12(15)18)6-14(21)22/h4-5,7-8H,6H2,1-3H3,(H,21,22);4-5,7-8H,6H2,1-3H3,(H,21,22);4-5,7-8H,6H2,1-3H3,(H,21,22). The van der Waals surface area contributed by atoms with Gasteiger partial charge < -0.3 is 15.3 Å². The van der Waals surface area contributed by atoms with Crippen molar-refractivity contribution in [3.63, 3.8) is 0 Å². The van der Waals surface area contributed by atoms with Gasteiger partial charge in [-0.1, -0.05) is 123 Å². The Hall–Kier alpha value is -5.10. The van der Waals surface area contributed by atoms with E-state index in [1.165, 1.54) is 66.9 Å². The number of aliphatic carboxylic acids is 3. The molecule has 0 spiro atoms. The monoisotopic (exact) mass is 1210 g/mol. The highest BCUT2D eigenvalue weighted by atomic mass is 35.5. The maximum Gasteiger partial charge on any atom is 0.307 e. The number of hydrogen-bond donors (Lipinski definition) is 3. The molecule has 27 heteroatoms. The van der Waals surface area contributed by atoms with Gasteiger partial charge in [-0.05, 0) is 89.0 Å². The van der Waals surface area contributed by atoms with Gasteiger partial charge in [0.2, 0.25) is 9.84 Å². The molecule has 402 valence electrons. The zero-order valence-corrected chi connectivity index (χ0v) is 48.2. The van der Waals surface area contributed by atoms with Gasteiger partial charge in [-0.2, -0.15) is 15.3 Å². The predicted molar refractivity (Wildman–Crippen MR) is 288 cm³/mol. The minimum absolute atomic E-state index is 0.0648. The van der Waals surface area contributed by atoms with Gasteiger partial charge in [0.05, 0.1) is 59.2 Å². The van der Waals surface area contributed by atoms with E-state index in [9.17, 15) is 41.4 Å². The molecule has 3 aromatic carbocycles. The number of aromatic nitrogens is 6. The summed E-state index contributed by atoms with van der Waals surface area (Å²) in [5.74, 6) is -3.30. The lowest BCUT2D eigenvalue weighted by Gasteiger charge is -2.13. The zero-order chi connectivity index (χ0) is 56.7. The molecule has 0 aliphatic heterocycles. The Labute approximate surface area is 466 Å². The molecule has 3 aromatic heterocycles. The van der Waals surface area contributed by atoms with Gasteiger partial charge >= 0.3 is 17.9 Å². The zero-order valence-electron chi connectivity index (χ0n) is 41.2. The number of halogens is 6. The largest absolute Gasteiger partial charge is 0.481 e. The van der Waals surface area contributed by atoms with Crippen molar-refractivity contribution in [2.24, 2.45) is 21.1 Å². The van der Waals surface area contributed by atoms with Crippen molar-refractivity contribution in [2.75, 3.05) is 0 Å². The van der Waals surface area contributed by atoms with E-state index in [0.717, 1.165) is 9.36 Å². The number of benzene rings is 3. The number of carboxylic acid groups (broad SMARTS) is 3. The molecule has 0 amide bonds. The van der Waals surface area contributed by atoms with E-state index in [0.29, 0.717) is 42.2 Å². The molecule has 0 aliphatic carbocycles. The van der Waals surface area contributed by atoms with Crippen molar-refractivity contribution in [2.45, 2.75) is 108 Å². The minimum atomic E-state index is -4.22. The summed E-state index contributed by atoms with van der Waals surface area (Å²) in [6, 6.07) is 12.9. The lowest BCUT2D eigenvalue weighted by atomic mass is 10.1. The SMILES string of the molecule is CC(C)c1cc(S(=O)(=O)c2c(Cl)cc(CC(=O)O)cc2Cl)nn(C)c1=O.CC(C)c1cc(S(=O)c2c(Cl)cc(CC(=O)O)cc2Cl)nn(C)c1=O.CC(C)c1cc(Sc2c(Cl)cc(CC(=O)O)cc2Cl)nn(C)c1=O. The molecular weight excluding hydrogens is 1160 g/mol. The summed E-state index contributed by atoms with van der Waals surface area (Å²) in [6.07, 6.45) is -0.753. The van der Waals surface area contributed by atoms with Crippen molar-refractivity contribution < 1.29 is 42.3 Å². The molecule has 0 fully saturated rings. The molecule has 0 bridgehead atoms. The molecule has 6 aromatic rings. The highest BCUT2D eigenvalue weighted by molar-refractivity contribution is 7.99. The van der Waals surface area contributed by atoms with Crippen LogP contribution >= 0.6 is 81.4 Å². The number of rotatable bonds is 15. The van der Waals surface area contributed by atoms with Gasteiger partial charge in [-0.3, -0.25) is 28.8 Å². The second-order valence-corrected chi connectivity index (χ2v) is 24.0. The average molecular weight is 1210 g/mol. The van der Waals surface area contributed by atoms with Gasteiger partial charge in [0.15, 0.2) is 10.1 Å².